The van der Waals surface area contributed by atoms with Gasteiger partial charge in [0.05, 0.1) is 6.61 Å². The van der Waals surface area contributed by atoms with E-state index in [1.807, 2.05) is 42.5 Å². The molecule has 0 fully saturated rings. The van der Waals surface area contributed by atoms with Gasteiger partial charge in [-0.15, -0.1) is 0 Å². The standard InChI is InChI=1S/C16H16ClNO2/c17-13-8-10-15(11-9-13)20-12-4-7-16(19)18-14-5-2-1-3-6-14/h1-3,5-6,8-11H,4,7,12H2,(H,18,19). The summed E-state index contributed by atoms with van der Waals surface area (Å²) in [4.78, 5) is 11.7. The van der Waals surface area contributed by atoms with Crippen LogP contribution >= 0.6 is 11.6 Å². The maximum Gasteiger partial charge on any atom is 0.224 e. The molecule has 20 heavy (non-hydrogen) atoms. The van der Waals surface area contributed by atoms with E-state index in [1.165, 1.54) is 0 Å². The Hall–Kier alpha value is -2.00. The molecule has 0 spiro atoms. The van der Waals surface area contributed by atoms with Crippen molar-refractivity contribution in [3.8, 4) is 5.75 Å². The number of nitrogens with one attached hydrogen (secondary N) is 1. The molecular formula is C16H16ClNO2. The van der Waals surface area contributed by atoms with Crippen molar-refractivity contribution >= 4 is 23.2 Å². The lowest BCUT2D eigenvalue weighted by molar-refractivity contribution is -0.116. The average Bonchev–Trinajstić information content (AvgIpc) is 2.46. The van der Waals surface area contributed by atoms with Crippen LogP contribution in [0.4, 0.5) is 5.69 Å². The minimum atomic E-state index is -0.00379. The van der Waals surface area contributed by atoms with Gasteiger partial charge in [-0.3, -0.25) is 4.79 Å². The van der Waals surface area contributed by atoms with E-state index in [2.05, 4.69) is 5.32 Å². The van der Waals surface area contributed by atoms with Crippen molar-refractivity contribution < 1.29 is 9.53 Å². The molecule has 4 heteroatoms. The molecule has 1 N–H and O–H groups in total. The largest absolute Gasteiger partial charge is 0.494 e. The number of halogens is 1. The molecule has 0 atom stereocenters. The van der Waals surface area contributed by atoms with Gasteiger partial charge in [0.25, 0.3) is 0 Å². The Morgan fingerprint density at radius 2 is 1.75 bits per heavy atom. The molecule has 0 radical (unpaired) electrons. The van der Waals surface area contributed by atoms with Gasteiger partial charge in [-0.2, -0.15) is 0 Å². The lowest BCUT2D eigenvalue weighted by atomic mass is 10.2. The number of hydrogen-bond donors (Lipinski definition) is 1. The summed E-state index contributed by atoms with van der Waals surface area (Å²) in [5, 5.41) is 3.52. The van der Waals surface area contributed by atoms with Gasteiger partial charge in [-0.05, 0) is 42.8 Å². The number of carbonyl (C=O) groups is 1. The molecule has 0 saturated heterocycles. The van der Waals surface area contributed by atoms with Gasteiger partial charge in [0.15, 0.2) is 0 Å². The van der Waals surface area contributed by atoms with E-state index in [9.17, 15) is 4.79 Å². The Morgan fingerprint density at radius 3 is 2.45 bits per heavy atom. The number of benzene rings is 2. The maximum atomic E-state index is 11.7. The predicted molar refractivity (Wildman–Crippen MR) is 81.3 cm³/mol. The Morgan fingerprint density at radius 1 is 1.05 bits per heavy atom. The SMILES string of the molecule is O=C(CCCOc1ccc(Cl)cc1)Nc1ccccc1. The second-order valence-corrected chi connectivity index (χ2v) is 4.76. The van der Waals surface area contributed by atoms with Crippen LogP contribution in [0.2, 0.25) is 5.02 Å². The summed E-state index contributed by atoms with van der Waals surface area (Å²) < 4.78 is 5.52. The minimum Gasteiger partial charge on any atom is -0.494 e. The highest BCUT2D eigenvalue weighted by molar-refractivity contribution is 6.30. The fourth-order valence-corrected chi connectivity index (χ4v) is 1.82. The van der Waals surface area contributed by atoms with E-state index in [-0.39, 0.29) is 5.91 Å². The summed E-state index contributed by atoms with van der Waals surface area (Å²) in [6.45, 7) is 0.504. The van der Waals surface area contributed by atoms with Crippen LogP contribution in [-0.4, -0.2) is 12.5 Å². The van der Waals surface area contributed by atoms with E-state index < -0.39 is 0 Å². The lowest BCUT2D eigenvalue weighted by Crippen LogP contribution is -2.12. The maximum absolute atomic E-state index is 11.7. The highest BCUT2D eigenvalue weighted by Crippen LogP contribution is 2.15. The van der Waals surface area contributed by atoms with Gasteiger partial charge in [-0.1, -0.05) is 29.8 Å². The number of para-hydroxylation sites is 1. The number of carbonyl (C=O) groups excluding carboxylic acids is 1. The fourth-order valence-electron chi connectivity index (χ4n) is 1.70. The molecule has 2 aromatic carbocycles. The second kappa shape index (κ2) is 7.56. The van der Waals surface area contributed by atoms with Crippen molar-refractivity contribution in [2.24, 2.45) is 0 Å². The topological polar surface area (TPSA) is 38.3 Å². The quantitative estimate of drug-likeness (QED) is 0.812. The van der Waals surface area contributed by atoms with Gasteiger partial charge in [0.2, 0.25) is 5.91 Å². The highest BCUT2D eigenvalue weighted by atomic mass is 35.5. The number of anilines is 1. The van der Waals surface area contributed by atoms with Gasteiger partial charge < -0.3 is 10.1 Å². The predicted octanol–water partition coefficient (Wildman–Crippen LogP) is 4.14. The van der Waals surface area contributed by atoms with Crippen LogP contribution in [-0.2, 0) is 4.79 Å². The van der Waals surface area contributed by atoms with Crippen LogP contribution in [0, 0.1) is 0 Å². The van der Waals surface area contributed by atoms with Crippen molar-refractivity contribution in [3.63, 3.8) is 0 Å². The summed E-state index contributed by atoms with van der Waals surface area (Å²) in [6, 6.07) is 16.6. The normalized spacial score (nSPS) is 10.1. The van der Waals surface area contributed by atoms with E-state index in [4.69, 9.17) is 16.3 Å². The van der Waals surface area contributed by atoms with Crippen LogP contribution in [0.3, 0.4) is 0 Å². The zero-order chi connectivity index (χ0) is 14.2. The number of rotatable bonds is 6. The molecule has 0 aromatic heterocycles. The third kappa shape index (κ3) is 4.94. The molecule has 104 valence electrons. The molecule has 0 heterocycles. The molecule has 0 aliphatic heterocycles. The molecular weight excluding hydrogens is 274 g/mol. The minimum absolute atomic E-state index is 0.00379. The Bertz CT molecular complexity index is 540. The van der Waals surface area contributed by atoms with Gasteiger partial charge in [-0.25, -0.2) is 0 Å². The Labute approximate surface area is 123 Å². The summed E-state index contributed by atoms with van der Waals surface area (Å²) in [7, 11) is 0. The van der Waals surface area contributed by atoms with Crippen LogP contribution in [0.15, 0.2) is 54.6 Å². The van der Waals surface area contributed by atoms with Crippen LogP contribution in [0.25, 0.3) is 0 Å². The summed E-state index contributed by atoms with van der Waals surface area (Å²) in [5.41, 5.74) is 0.816. The molecule has 0 aliphatic rings. The van der Waals surface area contributed by atoms with Crippen molar-refractivity contribution in [3.05, 3.63) is 59.6 Å². The molecule has 0 aliphatic carbocycles. The second-order valence-electron chi connectivity index (χ2n) is 4.32. The van der Waals surface area contributed by atoms with E-state index in [0.29, 0.717) is 24.5 Å². The number of amides is 1. The molecule has 0 unspecified atom stereocenters. The lowest BCUT2D eigenvalue weighted by Gasteiger charge is -2.07. The first kappa shape index (κ1) is 14.4. The summed E-state index contributed by atoms with van der Waals surface area (Å²) in [5.74, 6) is 0.758. The molecule has 0 saturated carbocycles. The zero-order valence-electron chi connectivity index (χ0n) is 11.0. The first-order valence-electron chi connectivity index (χ1n) is 6.47. The van der Waals surface area contributed by atoms with Gasteiger partial charge >= 0.3 is 0 Å². The third-order valence-corrected chi connectivity index (χ3v) is 2.94. The summed E-state index contributed by atoms with van der Waals surface area (Å²) >= 11 is 5.78. The first-order chi connectivity index (χ1) is 9.74. The van der Waals surface area contributed by atoms with Crippen molar-refractivity contribution in [2.75, 3.05) is 11.9 Å². The third-order valence-electron chi connectivity index (χ3n) is 2.69. The fraction of sp³-hybridized carbons (Fsp3) is 0.188. The Balaban J connectivity index is 1.66. The first-order valence-corrected chi connectivity index (χ1v) is 6.85. The van der Waals surface area contributed by atoms with E-state index in [0.717, 1.165) is 11.4 Å². The Kier molecular flexibility index (Phi) is 5.44. The smallest absolute Gasteiger partial charge is 0.224 e. The monoisotopic (exact) mass is 289 g/mol. The molecule has 1 amide bonds. The number of hydrogen-bond acceptors (Lipinski definition) is 2. The van der Waals surface area contributed by atoms with Crippen LogP contribution in [0.1, 0.15) is 12.8 Å². The van der Waals surface area contributed by atoms with Crippen molar-refractivity contribution in [1.82, 2.24) is 0 Å². The van der Waals surface area contributed by atoms with Crippen molar-refractivity contribution in [2.45, 2.75) is 12.8 Å². The van der Waals surface area contributed by atoms with Gasteiger partial charge in [0.1, 0.15) is 5.75 Å². The van der Waals surface area contributed by atoms with Gasteiger partial charge in [0, 0.05) is 17.1 Å². The highest BCUT2D eigenvalue weighted by Gasteiger charge is 2.02. The average molecular weight is 290 g/mol. The van der Waals surface area contributed by atoms with Crippen LogP contribution in [0.5, 0.6) is 5.75 Å². The molecule has 2 rings (SSSR count). The molecule has 0 bridgehead atoms. The van der Waals surface area contributed by atoms with Crippen LogP contribution < -0.4 is 10.1 Å². The van der Waals surface area contributed by atoms with E-state index in [1.54, 1.807) is 12.1 Å². The molecule has 3 nitrogen and oxygen atoms in total. The van der Waals surface area contributed by atoms with Crippen molar-refractivity contribution in [1.29, 1.82) is 0 Å². The van der Waals surface area contributed by atoms with E-state index >= 15 is 0 Å². The zero-order valence-corrected chi connectivity index (χ0v) is 11.8. The summed E-state index contributed by atoms with van der Waals surface area (Å²) in [6.07, 6.45) is 1.10. The number of ether oxygens (including phenoxy) is 1. The molecule has 2 aromatic rings.